The Hall–Kier alpha value is -2.38. The second-order valence-corrected chi connectivity index (χ2v) is 7.74. The number of para-hydroxylation sites is 1. The summed E-state index contributed by atoms with van der Waals surface area (Å²) in [7, 11) is -3.76. The number of hydrogen-bond donors (Lipinski definition) is 1. The maximum Gasteiger partial charge on any atom is 0.338 e. The van der Waals surface area contributed by atoms with Gasteiger partial charge < -0.3 is 10.5 Å². The van der Waals surface area contributed by atoms with E-state index in [1.54, 1.807) is 13.0 Å². The minimum absolute atomic E-state index is 0.115. The molecule has 0 saturated carbocycles. The van der Waals surface area contributed by atoms with Crippen molar-refractivity contribution in [3.8, 4) is 0 Å². The Morgan fingerprint density at radius 2 is 1.88 bits per heavy atom. The molecule has 1 aliphatic rings. The predicted octanol–water partition coefficient (Wildman–Crippen LogP) is 1.94. The molecule has 0 fully saturated rings. The van der Waals surface area contributed by atoms with Gasteiger partial charge in [0.25, 0.3) is 10.0 Å². The van der Waals surface area contributed by atoms with Crippen LogP contribution in [0.15, 0.2) is 53.4 Å². The number of nitrogens with zero attached hydrogens (tertiary/aromatic N) is 1. The summed E-state index contributed by atoms with van der Waals surface area (Å²) in [5.74, 6) is -0.475. The summed E-state index contributed by atoms with van der Waals surface area (Å²) >= 11 is 0. The zero-order valence-corrected chi connectivity index (χ0v) is 14.7. The summed E-state index contributed by atoms with van der Waals surface area (Å²) in [4.78, 5) is 11.8. The first kappa shape index (κ1) is 17.4. The Morgan fingerprint density at radius 1 is 1.20 bits per heavy atom. The van der Waals surface area contributed by atoms with E-state index >= 15 is 0 Å². The first-order valence-corrected chi connectivity index (χ1v) is 9.51. The molecule has 0 amide bonds. The molecule has 1 unspecified atom stereocenters. The van der Waals surface area contributed by atoms with Crippen LogP contribution in [0.3, 0.4) is 0 Å². The molecule has 2 N–H and O–H groups in total. The van der Waals surface area contributed by atoms with Crippen LogP contribution in [0.4, 0.5) is 5.69 Å². The van der Waals surface area contributed by atoms with Crippen molar-refractivity contribution in [3.05, 3.63) is 59.7 Å². The Morgan fingerprint density at radius 3 is 2.56 bits per heavy atom. The predicted molar refractivity (Wildman–Crippen MR) is 95.1 cm³/mol. The van der Waals surface area contributed by atoms with Gasteiger partial charge >= 0.3 is 5.97 Å². The van der Waals surface area contributed by atoms with Crippen molar-refractivity contribution < 1.29 is 17.9 Å². The van der Waals surface area contributed by atoms with Crippen LogP contribution in [-0.2, 0) is 21.2 Å². The molecule has 132 valence electrons. The summed E-state index contributed by atoms with van der Waals surface area (Å²) < 4.78 is 32.4. The van der Waals surface area contributed by atoms with Gasteiger partial charge in [-0.15, -0.1) is 0 Å². The van der Waals surface area contributed by atoms with Crippen molar-refractivity contribution in [1.29, 1.82) is 0 Å². The quantitative estimate of drug-likeness (QED) is 0.842. The summed E-state index contributed by atoms with van der Waals surface area (Å²) in [5.41, 5.74) is 7.92. The van der Waals surface area contributed by atoms with Crippen molar-refractivity contribution in [2.24, 2.45) is 5.73 Å². The van der Waals surface area contributed by atoms with Crippen molar-refractivity contribution in [2.45, 2.75) is 24.3 Å². The Balaban J connectivity index is 1.96. The van der Waals surface area contributed by atoms with Gasteiger partial charge in [0.05, 0.1) is 22.8 Å². The van der Waals surface area contributed by atoms with E-state index < -0.39 is 16.0 Å². The highest BCUT2D eigenvalue weighted by Gasteiger charge is 2.31. The van der Waals surface area contributed by atoms with E-state index in [9.17, 15) is 13.2 Å². The molecule has 0 bridgehead atoms. The number of esters is 1. The van der Waals surface area contributed by atoms with Gasteiger partial charge in [0.1, 0.15) is 0 Å². The minimum atomic E-state index is -3.76. The number of carbonyl (C=O) groups is 1. The number of rotatable bonds is 4. The SMILES string of the molecule is CCOC(=O)c1ccc(S(=O)(=O)N2CC(N)Cc3ccccc32)cc1. The van der Waals surface area contributed by atoms with Gasteiger partial charge in [-0.2, -0.15) is 0 Å². The molecule has 6 nitrogen and oxygen atoms in total. The summed E-state index contributed by atoms with van der Waals surface area (Å²) in [6.07, 6.45) is 0.643. The lowest BCUT2D eigenvalue weighted by molar-refractivity contribution is 0.0526. The van der Waals surface area contributed by atoms with Gasteiger partial charge in [-0.05, 0) is 49.2 Å². The van der Waals surface area contributed by atoms with Crippen LogP contribution in [0.5, 0.6) is 0 Å². The molecule has 25 heavy (non-hydrogen) atoms. The third-order valence-electron chi connectivity index (χ3n) is 4.10. The van der Waals surface area contributed by atoms with E-state index in [2.05, 4.69) is 0 Å². The van der Waals surface area contributed by atoms with E-state index in [4.69, 9.17) is 10.5 Å². The average Bonchev–Trinajstić information content (AvgIpc) is 2.61. The van der Waals surface area contributed by atoms with Crippen molar-refractivity contribution >= 4 is 21.7 Å². The molecule has 1 atom stereocenters. The van der Waals surface area contributed by atoms with Crippen LogP contribution >= 0.6 is 0 Å². The van der Waals surface area contributed by atoms with Gasteiger partial charge in [0.15, 0.2) is 0 Å². The van der Waals surface area contributed by atoms with E-state index in [0.29, 0.717) is 17.7 Å². The molecule has 0 saturated heterocycles. The molecule has 7 heteroatoms. The topological polar surface area (TPSA) is 89.7 Å². The molecular formula is C18H20N2O4S. The summed E-state index contributed by atoms with van der Waals surface area (Å²) in [5, 5.41) is 0. The first-order valence-electron chi connectivity index (χ1n) is 8.07. The lowest BCUT2D eigenvalue weighted by atomic mass is 10.0. The van der Waals surface area contributed by atoms with Crippen LogP contribution < -0.4 is 10.0 Å². The normalized spacial score (nSPS) is 17.0. The van der Waals surface area contributed by atoms with Gasteiger partial charge in [-0.25, -0.2) is 13.2 Å². The van der Waals surface area contributed by atoms with Crippen molar-refractivity contribution in [1.82, 2.24) is 0 Å². The molecule has 1 aliphatic heterocycles. The number of nitrogens with two attached hydrogens (primary N) is 1. The summed E-state index contributed by atoms with van der Waals surface area (Å²) in [6.45, 7) is 2.20. The maximum atomic E-state index is 13.1. The zero-order valence-electron chi connectivity index (χ0n) is 13.9. The fourth-order valence-corrected chi connectivity index (χ4v) is 4.48. The highest BCUT2D eigenvalue weighted by atomic mass is 32.2. The van der Waals surface area contributed by atoms with E-state index in [1.165, 1.54) is 28.6 Å². The Labute approximate surface area is 147 Å². The summed E-state index contributed by atoms with van der Waals surface area (Å²) in [6, 6.07) is 12.9. The number of anilines is 1. The van der Waals surface area contributed by atoms with Gasteiger partial charge in [-0.1, -0.05) is 18.2 Å². The molecule has 2 aromatic rings. The fraction of sp³-hybridized carbons (Fsp3) is 0.278. The Bertz CT molecular complexity index is 878. The van der Waals surface area contributed by atoms with E-state index in [1.807, 2.05) is 18.2 Å². The average molecular weight is 360 g/mol. The molecule has 0 spiro atoms. The lowest BCUT2D eigenvalue weighted by Crippen LogP contribution is -2.46. The number of ether oxygens (including phenoxy) is 1. The van der Waals surface area contributed by atoms with Crippen LogP contribution in [-0.4, -0.2) is 33.6 Å². The molecule has 0 aliphatic carbocycles. The maximum absolute atomic E-state index is 13.1. The molecular weight excluding hydrogens is 340 g/mol. The van der Waals surface area contributed by atoms with Crippen LogP contribution in [0.2, 0.25) is 0 Å². The van der Waals surface area contributed by atoms with Crippen LogP contribution in [0.1, 0.15) is 22.8 Å². The molecule has 3 rings (SSSR count). The number of hydrogen-bond acceptors (Lipinski definition) is 5. The fourth-order valence-electron chi connectivity index (χ4n) is 2.92. The molecule has 1 heterocycles. The number of fused-ring (bicyclic) bond motifs is 1. The van der Waals surface area contributed by atoms with Gasteiger partial charge in [0, 0.05) is 12.6 Å². The lowest BCUT2D eigenvalue weighted by Gasteiger charge is -2.33. The van der Waals surface area contributed by atoms with Crippen LogP contribution in [0.25, 0.3) is 0 Å². The van der Waals surface area contributed by atoms with Crippen molar-refractivity contribution in [2.75, 3.05) is 17.5 Å². The van der Waals surface area contributed by atoms with E-state index in [-0.39, 0.29) is 24.1 Å². The van der Waals surface area contributed by atoms with Crippen molar-refractivity contribution in [3.63, 3.8) is 0 Å². The largest absolute Gasteiger partial charge is 0.462 e. The molecule has 2 aromatic carbocycles. The first-order chi connectivity index (χ1) is 11.9. The standard InChI is InChI=1S/C18H20N2O4S/c1-2-24-18(21)13-7-9-16(10-8-13)25(22,23)20-12-15(19)11-14-5-3-4-6-17(14)20/h3-10,15H,2,11-12,19H2,1H3. The monoisotopic (exact) mass is 360 g/mol. The number of benzene rings is 2. The highest BCUT2D eigenvalue weighted by molar-refractivity contribution is 7.92. The molecule has 0 radical (unpaired) electrons. The second kappa shape index (κ2) is 6.85. The minimum Gasteiger partial charge on any atom is -0.462 e. The number of sulfonamides is 1. The van der Waals surface area contributed by atoms with E-state index in [0.717, 1.165) is 5.56 Å². The third-order valence-corrected chi connectivity index (χ3v) is 5.89. The highest BCUT2D eigenvalue weighted by Crippen LogP contribution is 2.31. The molecule has 0 aromatic heterocycles. The second-order valence-electron chi connectivity index (χ2n) is 5.87. The number of carbonyl (C=O) groups excluding carboxylic acids is 1. The smallest absolute Gasteiger partial charge is 0.338 e. The van der Waals surface area contributed by atoms with Crippen LogP contribution in [0, 0.1) is 0 Å². The Kier molecular flexibility index (Phi) is 4.78. The zero-order chi connectivity index (χ0) is 18.0. The van der Waals surface area contributed by atoms with Gasteiger partial charge in [-0.3, -0.25) is 4.31 Å². The third kappa shape index (κ3) is 3.38. The van der Waals surface area contributed by atoms with Gasteiger partial charge in [0.2, 0.25) is 0 Å².